The van der Waals surface area contributed by atoms with Crippen LogP contribution in [-0.2, 0) is 4.74 Å². The van der Waals surface area contributed by atoms with Gasteiger partial charge in [-0.05, 0) is 30.7 Å². The Balaban J connectivity index is 2.24. The van der Waals surface area contributed by atoms with Crippen molar-refractivity contribution in [3.63, 3.8) is 0 Å². The molecule has 0 saturated carbocycles. The highest BCUT2D eigenvalue weighted by molar-refractivity contribution is 5.83. The number of ether oxygens (including phenoxy) is 1. The van der Waals surface area contributed by atoms with Crippen LogP contribution in [0.15, 0.2) is 30.6 Å². The average Bonchev–Trinajstić information content (AvgIpc) is 2.98. The fourth-order valence-corrected chi connectivity index (χ4v) is 2.78. The van der Waals surface area contributed by atoms with E-state index in [1.165, 1.54) is 0 Å². The summed E-state index contributed by atoms with van der Waals surface area (Å²) in [6.45, 7) is 4.71. The Hall–Kier alpha value is -2.47. The molecule has 23 heavy (non-hydrogen) atoms. The lowest BCUT2D eigenvalue weighted by Gasteiger charge is -2.14. The lowest BCUT2D eigenvalue weighted by molar-refractivity contribution is 0.183. The number of nitrogens with one attached hydrogen (secondary N) is 1. The van der Waals surface area contributed by atoms with Crippen LogP contribution in [0.4, 0.5) is 5.95 Å². The Morgan fingerprint density at radius 2 is 2.17 bits per heavy atom. The summed E-state index contributed by atoms with van der Waals surface area (Å²) in [4.78, 5) is 8.96. The Labute approximate surface area is 135 Å². The average molecular weight is 311 g/mol. The minimum Gasteiger partial charge on any atom is -0.384 e. The third-order valence-electron chi connectivity index (χ3n) is 3.85. The number of hydrogen-bond donors (Lipinski definition) is 1. The third kappa shape index (κ3) is 2.90. The largest absolute Gasteiger partial charge is 0.384 e. The van der Waals surface area contributed by atoms with E-state index >= 15 is 0 Å². The second-order valence-electron chi connectivity index (χ2n) is 5.64. The van der Waals surface area contributed by atoms with Crippen molar-refractivity contribution >= 4 is 11.5 Å². The van der Waals surface area contributed by atoms with Gasteiger partial charge in [-0.1, -0.05) is 6.92 Å². The number of aromatic nitrogens is 4. The molecule has 1 atom stereocenters. The van der Waals surface area contributed by atoms with Crippen molar-refractivity contribution in [1.29, 1.82) is 0 Å². The maximum absolute atomic E-state index is 5.32. The number of aryl methyl sites for hydroxylation is 1. The van der Waals surface area contributed by atoms with Gasteiger partial charge in [-0.2, -0.15) is 0 Å². The molecule has 0 saturated heterocycles. The summed E-state index contributed by atoms with van der Waals surface area (Å²) < 4.78 is 7.20. The minimum atomic E-state index is 0.161. The molecular weight excluding hydrogens is 290 g/mol. The van der Waals surface area contributed by atoms with Crippen molar-refractivity contribution in [1.82, 2.24) is 19.6 Å². The molecule has 0 aliphatic carbocycles. The van der Waals surface area contributed by atoms with E-state index in [9.17, 15) is 0 Å². The van der Waals surface area contributed by atoms with E-state index in [-0.39, 0.29) is 5.92 Å². The topological polar surface area (TPSA) is 64.3 Å². The summed E-state index contributed by atoms with van der Waals surface area (Å²) in [7, 11) is 3.53. The number of nitrogens with zero attached hydrogens (tertiary/aromatic N) is 4. The predicted molar refractivity (Wildman–Crippen MR) is 90.8 cm³/mol. The zero-order valence-corrected chi connectivity index (χ0v) is 13.9. The van der Waals surface area contributed by atoms with Gasteiger partial charge in [0.2, 0.25) is 5.95 Å². The smallest absolute Gasteiger partial charge is 0.241 e. The fraction of sp³-hybridized carbons (Fsp3) is 0.353. The zero-order valence-electron chi connectivity index (χ0n) is 13.9. The molecule has 3 aromatic rings. The second-order valence-corrected chi connectivity index (χ2v) is 5.64. The van der Waals surface area contributed by atoms with Gasteiger partial charge in [0.05, 0.1) is 17.8 Å². The highest BCUT2D eigenvalue weighted by Gasteiger charge is 2.18. The van der Waals surface area contributed by atoms with Crippen molar-refractivity contribution in [3.8, 4) is 11.1 Å². The van der Waals surface area contributed by atoms with Crippen LogP contribution < -0.4 is 5.32 Å². The summed E-state index contributed by atoms with van der Waals surface area (Å²) in [5, 5.41) is 7.52. The first kappa shape index (κ1) is 15.4. The Morgan fingerprint density at radius 1 is 1.35 bits per heavy atom. The van der Waals surface area contributed by atoms with Crippen molar-refractivity contribution in [2.45, 2.75) is 19.8 Å². The molecule has 0 spiro atoms. The standard InChI is InChI=1S/C17H21N5O/c1-11(10-23-4)15-16-14(13-5-7-19-12(2)9-13)6-8-22(16)21-17(18-3)20-15/h5-9,11H,10H2,1-4H3,(H,18,21)/t11-/m1/s1. The van der Waals surface area contributed by atoms with Gasteiger partial charge >= 0.3 is 0 Å². The molecule has 0 bridgehead atoms. The van der Waals surface area contributed by atoms with Crippen LogP contribution in [0, 0.1) is 6.92 Å². The summed E-state index contributed by atoms with van der Waals surface area (Å²) in [6, 6.07) is 6.16. The maximum atomic E-state index is 5.32. The predicted octanol–water partition coefficient (Wildman–Crippen LogP) is 2.89. The molecule has 3 heterocycles. The fourth-order valence-electron chi connectivity index (χ4n) is 2.78. The number of methoxy groups -OCH3 is 1. The summed E-state index contributed by atoms with van der Waals surface area (Å²) in [5.74, 6) is 0.762. The molecule has 0 fully saturated rings. The van der Waals surface area contributed by atoms with Gasteiger partial charge in [0.25, 0.3) is 0 Å². The molecule has 0 radical (unpaired) electrons. The van der Waals surface area contributed by atoms with Crippen molar-refractivity contribution < 1.29 is 4.74 Å². The molecule has 0 amide bonds. The number of anilines is 1. The van der Waals surface area contributed by atoms with Crippen molar-refractivity contribution in [2.75, 3.05) is 26.1 Å². The van der Waals surface area contributed by atoms with Gasteiger partial charge in [-0.3, -0.25) is 4.98 Å². The maximum Gasteiger partial charge on any atom is 0.241 e. The Morgan fingerprint density at radius 3 is 2.87 bits per heavy atom. The normalized spacial score (nSPS) is 12.5. The van der Waals surface area contributed by atoms with E-state index in [4.69, 9.17) is 4.74 Å². The highest BCUT2D eigenvalue weighted by Crippen LogP contribution is 2.31. The zero-order chi connectivity index (χ0) is 16.4. The van der Waals surface area contributed by atoms with Gasteiger partial charge in [0, 0.05) is 43.7 Å². The van der Waals surface area contributed by atoms with Crippen LogP contribution in [0.5, 0.6) is 0 Å². The van der Waals surface area contributed by atoms with Crippen molar-refractivity contribution in [2.24, 2.45) is 0 Å². The molecule has 0 aliphatic heterocycles. The minimum absolute atomic E-state index is 0.161. The first-order chi connectivity index (χ1) is 11.1. The lowest BCUT2D eigenvalue weighted by Crippen LogP contribution is -2.11. The van der Waals surface area contributed by atoms with Crippen LogP contribution in [0.2, 0.25) is 0 Å². The molecule has 3 aromatic heterocycles. The van der Waals surface area contributed by atoms with Crippen molar-refractivity contribution in [3.05, 3.63) is 42.0 Å². The number of fused-ring (bicyclic) bond motifs is 1. The monoisotopic (exact) mass is 311 g/mol. The van der Waals surface area contributed by atoms with Crippen LogP contribution in [0.1, 0.15) is 24.2 Å². The molecule has 0 aliphatic rings. The number of pyridine rings is 1. The van der Waals surface area contributed by atoms with Gasteiger partial charge in [-0.15, -0.1) is 5.10 Å². The Kier molecular flexibility index (Phi) is 4.25. The summed E-state index contributed by atoms with van der Waals surface area (Å²) in [5.41, 5.74) is 5.20. The van der Waals surface area contributed by atoms with E-state index in [2.05, 4.69) is 39.4 Å². The second kappa shape index (κ2) is 6.34. The molecular formula is C17H21N5O. The van der Waals surface area contributed by atoms with E-state index in [1.807, 2.05) is 36.9 Å². The highest BCUT2D eigenvalue weighted by atomic mass is 16.5. The first-order valence-electron chi connectivity index (χ1n) is 7.63. The SMILES string of the molecule is CNc1nc([C@H](C)COC)c2c(-c3ccnc(C)c3)ccn2n1. The van der Waals surface area contributed by atoms with Crippen LogP contribution in [0.25, 0.3) is 16.6 Å². The Bertz CT molecular complexity index is 827. The van der Waals surface area contributed by atoms with E-state index in [0.717, 1.165) is 28.0 Å². The van der Waals surface area contributed by atoms with Gasteiger partial charge in [0.1, 0.15) is 0 Å². The number of rotatable bonds is 5. The summed E-state index contributed by atoms with van der Waals surface area (Å²) >= 11 is 0. The third-order valence-corrected chi connectivity index (χ3v) is 3.85. The van der Waals surface area contributed by atoms with Crippen LogP contribution in [0.3, 0.4) is 0 Å². The molecule has 1 N–H and O–H groups in total. The molecule has 0 aromatic carbocycles. The van der Waals surface area contributed by atoms with Gasteiger partial charge in [0.15, 0.2) is 0 Å². The number of hydrogen-bond acceptors (Lipinski definition) is 5. The van der Waals surface area contributed by atoms with E-state index in [0.29, 0.717) is 12.6 Å². The molecule has 3 rings (SSSR count). The van der Waals surface area contributed by atoms with Gasteiger partial charge < -0.3 is 10.1 Å². The summed E-state index contributed by atoms with van der Waals surface area (Å²) in [6.07, 6.45) is 3.79. The van der Waals surface area contributed by atoms with Crippen LogP contribution >= 0.6 is 0 Å². The quantitative estimate of drug-likeness (QED) is 0.785. The first-order valence-corrected chi connectivity index (χ1v) is 7.63. The molecule has 0 unspecified atom stereocenters. The van der Waals surface area contributed by atoms with Gasteiger partial charge in [-0.25, -0.2) is 9.50 Å². The van der Waals surface area contributed by atoms with E-state index in [1.54, 1.807) is 7.11 Å². The molecule has 120 valence electrons. The lowest BCUT2D eigenvalue weighted by atomic mass is 10.0. The van der Waals surface area contributed by atoms with Crippen LogP contribution in [-0.4, -0.2) is 40.3 Å². The molecule has 6 nitrogen and oxygen atoms in total. The van der Waals surface area contributed by atoms with E-state index < -0.39 is 0 Å². The molecule has 6 heteroatoms.